The van der Waals surface area contributed by atoms with Crippen molar-refractivity contribution in [1.29, 1.82) is 0 Å². The second-order valence-electron chi connectivity index (χ2n) is 7.91. The van der Waals surface area contributed by atoms with Crippen LogP contribution in [0.15, 0.2) is 36.4 Å². The maximum atomic E-state index is 11.6. The lowest BCUT2D eigenvalue weighted by Crippen LogP contribution is -2.15. The Labute approximate surface area is 147 Å². The molecule has 3 heterocycles. The van der Waals surface area contributed by atoms with Crippen molar-refractivity contribution in [1.82, 2.24) is 9.38 Å². The molecule has 0 fully saturated rings. The number of pyridine rings is 1. The first-order valence-corrected chi connectivity index (χ1v) is 8.72. The van der Waals surface area contributed by atoms with E-state index in [1.807, 2.05) is 6.07 Å². The van der Waals surface area contributed by atoms with Gasteiger partial charge in [0.2, 0.25) is 5.91 Å². The first-order valence-electron chi connectivity index (χ1n) is 8.72. The van der Waals surface area contributed by atoms with E-state index in [4.69, 9.17) is 4.98 Å². The van der Waals surface area contributed by atoms with Crippen LogP contribution in [0.25, 0.3) is 5.65 Å². The molecule has 0 aliphatic carbocycles. The molecule has 0 radical (unpaired) electrons. The van der Waals surface area contributed by atoms with E-state index in [1.165, 1.54) is 17.0 Å². The van der Waals surface area contributed by atoms with Gasteiger partial charge in [-0.15, -0.1) is 0 Å². The molecule has 128 valence electrons. The van der Waals surface area contributed by atoms with Crippen LogP contribution >= 0.6 is 0 Å². The SMILES string of the molecule is Cc1cccc2nc(C(C)(C)C)c(Cc3ccc4c(c3)CC(=O)N4)n12. The number of amides is 1. The normalized spacial score (nSPS) is 14.0. The van der Waals surface area contributed by atoms with E-state index < -0.39 is 0 Å². The maximum absolute atomic E-state index is 11.6. The van der Waals surface area contributed by atoms with E-state index in [-0.39, 0.29) is 11.3 Å². The van der Waals surface area contributed by atoms with Gasteiger partial charge in [-0.1, -0.05) is 39.0 Å². The van der Waals surface area contributed by atoms with Crippen LogP contribution in [-0.4, -0.2) is 15.3 Å². The lowest BCUT2D eigenvalue weighted by molar-refractivity contribution is -0.115. The van der Waals surface area contributed by atoms with Gasteiger partial charge in [0.25, 0.3) is 0 Å². The Bertz CT molecular complexity index is 992. The molecule has 4 heteroatoms. The number of anilines is 1. The summed E-state index contributed by atoms with van der Waals surface area (Å²) in [5.74, 6) is 0.0770. The van der Waals surface area contributed by atoms with E-state index in [0.29, 0.717) is 6.42 Å². The molecule has 0 spiro atoms. The highest BCUT2D eigenvalue weighted by Gasteiger charge is 2.25. The number of carbonyl (C=O) groups excluding carboxylic acids is 1. The summed E-state index contributed by atoms with van der Waals surface area (Å²) in [6.07, 6.45) is 1.28. The zero-order valence-corrected chi connectivity index (χ0v) is 15.2. The molecule has 0 bridgehead atoms. The average molecular weight is 333 g/mol. The Morgan fingerprint density at radius 3 is 2.76 bits per heavy atom. The van der Waals surface area contributed by atoms with Crippen molar-refractivity contribution in [2.24, 2.45) is 0 Å². The van der Waals surface area contributed by atoms with Crippen LogP contribution < -0.4 is 5.32 Å². The van der Waals surface area contributed by atoms with Crippen molar-refractivity contribution < 1.29 is 4.79 Å². The number of aryl methyl sites for hydroxylation is 1. The second-order valence-corrected chi connectivity index (χ2v) is 7.91. The molecule has 3 aromatic rings. The van der Waals surface area contributed by atoms with Crippen molar-refractivity contribution in [2.45, 2.75) is 46.0 Å². The van der Waals surface area contributed by atoms with Gasteiger partial charge in [0, 0.05) is 23.2 Å². The number of imidazole rings is 1. The van der Waals surface area contributed by atoms with E-state index in [1.54, 1.807) is 0 Å². The molecule has 2 aromatic heterocycles. The van der Waals surface area contributed by atoms with Gasteiger partial charge in [0.15, 0.2) is 0 Å². The molecular weight excluding hydrogens is 310 g/mol. The average Bonchev–Trinajstić information content (AvgIpc) is 3.07. The smallest absolute Gasteiger partial charge is 0.228 e. The summed E-state index contributed by atoms with van der Waals surface area (Å²) in [6, 6.07) is 12.5. The summed E-state index contributed by atoms with van der Waals surface area (Å²) in [7, 11) is 0. The summed E-state index contributed by atoms with van der Waals surface area (Å²) in [5, 5.41) is 2.90. The molecule has 0 saturated carbocycles. The molecule has 1 aliphatic rings. The predicted octanol–water partition coefficient (Wildman–Crippen LogP) is 4.03. The van der Waals surface area contributed by atoms with Gasteiger partial charge in [0.05, 0.1) is 17.8 Å². The highest BCUT2D eigenvalue weighted by atomic mass is 16.1. The summed E-state index contributed by atoms with van der Waals surface area (Å²) in [6.45, 7) is 8.74. The number of carbonyl (C=O) groups is 1. The molecule has 1 N–H and O–H groups in total. The molecule has 1 aromatic carbocycles. The molecule has 4 rings (SSSR count). The Balaban J connectivity index is 1.84. The molecule has 0 atom stereocenters. The third-order valence-electron chi connectivity index (χ3n) is 4.81. The number of nitrogens with one attached hydrogen (secondary N) is 1. The third kappa shape index (κ3) is 2.72. The van der Waals surface area contributed by atoms with Crippen LogP contribution in [0.2, 0.25) is 0 Å². The zero-order valence-electron chi connectivity index (χ0n) is 15.2. The highest BCUT2D eigenvalue weighted by molar-refractivity contribution is 5.99. The quantitative estimate of drug-likeness (QED) is 0.770. The largest absolute Gasteiger partial charge is 0.326 e. The van der Waals surface area contributed by atoms with Crippen LogP contribution in [0.1, 0.15) is 49.0 Å². The maximum Gasteiger partial charge on any atom is 0.228 e. The molecule has 25 heavy (non-hydrogen) atoms. The number of hydrogen-bond acceptors (Lipinski definition) is 2. The molecule has 4 nitrogen and oxygen atoms in total. The number of rotatable bonds is 2. The second kappa shape index (κ2) is 5.45. The molecular formula is C21H23N3O. The molecule has 0 saturated heterocycles. The lowest BCUT2D eigenvalue weighted by Gasteiger charge is -2.18. The van der Waals surface area contributed by atoms with E-state index >= 15 is 0 Å². The van der Waals surface area contributed by atoms with Crippen molar-refractivity contribution >= 4 is 17.2 Å². The minimum Gasteiger partial charge on any atom is -0.326 e. The Hall–Kier alpha value is -2.62. The lowest BCUT2D eigenvalue weighted by atomic mass is 9.89. The van der Waals surface area contributed by atoms with Crippen LogP contribution in [0, 0.1) is 6.92 Å². The van der Waals surface area contributed by atoms with Crippen molar-refractivity contribution in [3.05, 3.63) is 64.6 Å². The minimum atomic E-state index is -0.0258. The van der Waals surface area contributed by atoms with Crippen LogP contribution in [0.4, 0.5) is 5.69 Å². The number of benzene rings is 1. The number of fused-ring (bicyclic) bond motifs is 2. The fourth-order valence-electron chi connectivity index (χ4n) is 3.68. The summed E-state index contributed by atoms with van der Waals surface area (Å²) >= 11 is 0. The Kier molecular flexibility index (Phi) is 3.46. The number of aromatic nitrogens is 2. The van der Waals surface area contributed by atoms with Crippen LogP contribution in [0.5, 0.6) is 0 Å². The summed E-state index contributed by atoms with van der Waals surface area (Å²) in [5.41, 5.74) is 7.78. The minimum absolute atomic E-state index is 0.0258. The number of hydrogen-bond donors (Lipinski definition) is 1. The molecule has 0 unspecified atom stereocenters. The zero-order chi connectivity index (χ0) is 17.8. The first-order chi connectivity index (χ1) is 11.8. The van der Waals surface area contributed by atoms with Gasteiger partial charge in [-0.3, -0.25) is 4.79 Å². The predicted molar refractivity (Wildman–Crippen MR) is 100 cm³/mol. The monoisotopic (exact) mass is 333 g/mol. The summed E-state index contributed by atoms with van der Waals surface area (Å²) in [4.78, 5) is 16.5. The summed E-state index contributed by atoms with van der Waals surface area (Å²) < 4.78 is 2.26. The van der Waals surface area contributed by atoms with Crippen molar-refractivity contribution in [3.63, 3.8) is 0 Å². The standard InChI is InChI=1S/C21H23N3O/c1-13-6-5-7-18-23-20(21(2,3)4)17(24(13)18)11-14-8-9-16-15(10-14)12-19(25)22-16/h5-10H,11-12H2,1-4H3,(H,22,25). The first kappa shape index (κ1) is 15.9. The molecule has 1 amide bonds. The van der Waals surface area contributed by atoms with Gasteiger partial charge in [-0.2, -0.15) is 0 Å². The fourth-order valence-corrected chi connectivity index (χ4v) is 3.68. The van der Waals surface area contributed by atoms with E-state index in [2.05, 4.69) is 67.7 Å². The van der Waals surface area contributed by atoms with Gasteiger partial charge < -0.3 is 9.72 Å². The Morgan fingerprint density at radius 1 is 1.20 bits per heavy atom. The van der Waals surface area contributed by atoms with Crippen LogP contribution in [-0.2, 0) is 23.1 Å². The van der Waals surface area contributed by atoms with Gasteiger partial charge in [-0.05, 0) is 36.2 Å². The van der Waals surface area contributed by atoms with E-state index in [0.717, 1.165) is 29.0 Å². The number of nitrogens with zero attached hydrogens (tertiary/aromatic N) is 2. The van der Waals surface area contributed by atoms with Crippen molar-refractivity contribution in [3.8, 4) is 0 Å². The molecule has 1 aliphatic heterocycles. The van der Waals surface area contributed by atoms with Gasteiger partial charge >= 0.3 is 0 Å². The Morgan fingerprint density at radius 2 is 2.00 bits per heavy atom. The van der Waals surface area contributed by atoms with Gasteiger partial charge in [0.1, 0.15) is 5.65 Å². The fraction of sp³-hybridized carbons (Fsp3) is 0.333. The third-order valence-corrected chi connectivity index (χ3v) is 4.81. The van der Waals surface area contributed by atoms with Gasteiger partial charge in [-0.25, -0.2) is 4.98 Å². The van der Waals surface area contributed by atoms with Crippen molar-refractivity contribution in [2.75, 3.05) is 5.32 Å². The highest BCUT2D eigenvalue weighted by Crippen LogP contribution is 2.30. The topological polar surface area (TPSA) is 46.4 Å². The van der Waals surface area contributed by atoms with E-state index in [9.17, 15) is 4.79 Å². The van der Waals surface area contributed by atoms with Crippen LogP contribution in [0.3, 0.4) is 0 Å².